The normalized spacial score (nSPS) is 11.6. The van der Waals surface area contributed by atoms with Crippen LogP contribution in [0.15, 0.2) is 51.9 Å². The number of ether oxygens (including phenoxy) is 1. The summed E-state index contributed by atoms with van der Waals surface area (Å²) in [5.41, 5.74) is -0.417. The number of pyridine rings is 1. The Hall–Kier alpha value is -2.39. The molecule has 0 aliphatic heterocycles. The Morgan fingerprint density at radius 1 is 1.27 bits per heavy atom. The Kier molecular flexibility index (Phi) is 5.01. The molecule has 0 aliphatic carbocycles. The third-order valence-corrected chi connectivity index (χ3v) is 6.00. The van der Waals surface area contributed by atoms with E-state index in [1.165, 1.54) is 12.3 Å². The summed E-state index contributed by atoms with van der Waals surface area (Å²) in [6.45, 7) is 1.70. The number of carbonyl (C=O) groups excluding carboxylic acids is 1. The van der Waals surface area contributed by atoms with Crippen molar-refractivity contribution in [1.29, 1.82) is 0 Å². The predicted molar refractivity (Wildman–Crippen MR) is 101 cm³/mol. The monoisotopic (exact) mass is 438 g/mol. The summed E-state index contributed by atoms with van der Waals surface area (Å²) in [4.78, 5) is 27.1. The summed E-state index contributed by atoms with van der Waals surface area (Å²) in [6, 6.07) is 9.87. The number of hydrogen-bond acceptors (Lipinski definition) is 5. The summed E-state index contributed by atoms with van der Waals surface area (Å²) in [5.74, 6) is -1.18. The third kappa shape index (κ3) is 3.32. The fourth-order valence-electron chi connectivity index (χ4n) is 2.65. The molecule has 0 amide bonds. The number of esters is 1. The van der Waals surface area contributed by atoms with Crippen LogP contribution >= 0.6 is 15.9 Å². The van der Waals surface area contributed by atoms with Crippen LogP contribution in [0, 0.1) is 0 Å². The molecule has 3 aromatic rings. The molecule has 2 aromatic heterocycles. The second kappa shape index (κ2) is 7.08. The van der Waals surface area contributed by atoms with Gasteiger partial charge in [0.2, 0.25) is 10.0 Å². The van der Waals surface area contributed by atoms with Crippen molar-refractivity contribution in [1.82, 2.24) is 8.96 Å². The van der Waals surface area contributed by atoms with Crippen LogP contribution < -0.4 is 5.56 Å². The minimum Gasteiger partial charge on any atom is -0.461 e. The Morgan fingerprint density at radius 2 is 1.96 bits per heavy atom. The van der Waals surface area contributed by atoms with Crippen LogP contribution in [0.5, 0.6) is 0 Å². The van der Waals surface area contributed by atoms with Gasteiger partial charge in [-0.05, 0) is 34.5 Å². The Labute approximate surface area is 157 Å². The van der Waals surface area contributed by atoms with Crippen LogP contribution in [0.25, 0.3) is 10.9 Å². The van der Waals surface area contributed by atoms with Crippen LogP contribution in [0.3, 0.4) is 0 Å². The highest BCUT2D eigenvalue weighted by atomic mass is 79.9. The zero-order valence-corrected chi connectivity index (χ0v) is 16.1. The molecular weight excluding hydrogens is 424 g/mol. The number of nitrogens with zero attached hydrogens (tertiary/aromatic N) is 1. The molecule has 0 unspecified atom stereocenters. The maximum Gasteiger partial charge on any atom is 0.356 e. The second-order valence-corrected chi connectivity index (χ2v) is 8.16. The van der Waals surface area contributed by atoms with Crippen LogP contribution in [0.2, 0.25) is 0 Å². The van der Waals surface area contributed by atoms with Crippen molar-refractivity contribution < 1.29 is 17.9 Å². The molecule has 0 radical (unpaired) electrons. The average Bonchev–Trinajstić information content (AvgIpc) is 3.02. The lowest BCUT2D eigenvalue weighted by Gasteiger charge is -2.11. The maximum absolute atomic E-state index is 13.1. The van der Waals surface area contributed by atoms with Crippen molar-refractivity contribution in [3.05, 3.63) is 68.7 Å². The number of aromatic nitrogens is 2. The van der Waals surface area contributed by atoms with Gasteiger partial charge in [0.25, 0.3) is 5.56 Å². The van der Waals surface area contributed by atoms with Crippen molar-refractivity contribution in [3.63, 3.8) is 0 Å². The van der Waals surface area contributed by atoms with Crippen LogP contribution in [0.1, 0.15) is 23.0 Å². The fraction of sp³-hybridized carbons (Fsp3) is 0.176. The quantitative estimate of drug-likeness (QED) is 0.617. The van der Waals surface area contributed by atoms with E-state index in [0.29, 0.717) is 15.4 Å². The Bertz CT molecular complexity index is 1130. The molecule has 26 heavy (non-hydrogen) atoms. The Balaban J connectivity index is 2.29. The molecule has 7 nitrogen and oxygen atoms in total. The molecule has 3 rings (SSSR count). The molecule has 0 spiro atoms. The zero-order chi connectivity index (χ0) is 18.9. The van der Waals surface area contributed by atoms with Gasteiger partial charge < -0.3 is 9.72 Å². The van der Waals surface area contributed by atoms with E-state index in [0.717, 1.165) is 3.97 Å². The summed E-state index contributed by atoms with van der Waals surface area (Å²) in [6.07, 6.45) is 1.40. The molecule has 0 fully saturated rings. The largest absolute Gasteiger partial charge is 0.461 e. The van der Waals surface area contributed by atoms with Gasteiger partial charge in [-0.1, -0.05) is 30.3 Å². The standard InChI is InChI=1S/C17H15BrN2O5S/c1-2-25-17(22)14-8-12-13(18)9-19-16(21)15(12)20(14)26(23,24)10-11-6-4-3-5-7-11/h3-9H,2,10H2,1H3,(H,19,21). The van der Waals surface area contributed by atoms with Gasteiger partial charge in [-0.25, -0.2) is 17.2 Å². The molecule has 9 heteroatoms. The first-order valence-electron chi connectivity index (χ1n) is 7.72. The van der Waals surface area contributed by atoms with Gasteiger partial charge in [0, 0.05) is 16.1 Å². The average molecular weight is 439 g/mol. The number of rotatable bonds is 5. The van der Waals surface area contributed by atoms with E-state index in [4.69, 9.17) is 4.74 Å². The van der Waals surface area contributed by atoms with E-state index in [-0.39, 0.29) is 23.6 Å². The van der Waals surface area contributed by atoms with E-state index in [2.05, 4.69) is 20.9 Å². The number of benzene rings is 1. The van der Waals surface area contributed by atoms with E-state index in [1.807, 2.05) is 0 Å². The highest BCUT2D eigenvalue weighted by Gasteiger charge is 2.28. The first-order chi connectivity index (χ1) is 12.3. The third-order valence-electron chi connectivity index (χ3n) is 3.72. The second-order valence-electron chi connectivity index (χ2n) is 5.48. The number of aromatic amines is 1. The minimum atomic E-state index is -4.05. The summed E-state index contributed by atoms with van der Waals surface area (Å²) in [5, 5.41) is 0.313. The van der Waals surface area contributed by atoms with Crippen LogP contribution in [-0.2, 0) is 20.5 Å². The number of hydrogen-bond donors (Lipinski definition) is 1. The van der Waals surface area contributed by atoms with Gasteiger partial charge in [0.1, 0.15) is 11.2 Å². The van der Waals surface area contributed by atoms with Gasteiger partial charge in [0.15, 0.2) is 0 Å². The van der Waals surface area contributed by atoms with E-state index >= 15 is 0 Å². The fourth-order valence-corrected chi connectivity index (χ4v) is 4.70. The molecule has 0 bridgehead atoms. The number of nitrogens with one attached hydrogen (secondary N) is 1. The minimum absolute atomic E-state index is 0.0800. The first kappa shape index (κ1) is 18.4. The number of H-pyrrole nitrogens is 1. The topological polar surface area (TPSA) is 98.2 Å². The molecular formula is C17H15BrN2O5S. The molecule has 1 aromatic carbocycles. The summed E-state index contributed by atoms with van der Waals surface area (Å²) < 4.78 is 32.3. The van der Waals surface area contributed by atoms with Crippen molar-refractivity contribution in [2.45, 2.75) is 12.7 Å². The van der Waals surface area contributed by atoms with Gasteiger partial charge >= 0.3 is 5.97 Å². The Morgan fingerprint density at radius 3 is 2.62 bits per heavy atom. The van der Waals surface area contributed by atoms with Crippen molar-refractivity contribution in [2.24, 2.45) is 0 Å². The molecule has 136 valence electrons. The first-order valence-corrected chi connectivity index (χ1v) is 10.1. The molecule has 0 saturated carbocycles. The number of halogens is 1. The summed E-state index contributed by atoms with van der Waals surface area (Å²) >= 11 is 3.27. The maximum atomic E-state index is 13.1. The van der Waals surface area contributed by atoms with Crippen LogP contribution in [-0.4, -0.2) is 30.0 Å². The van der Waals surface area contributed by atoms with Gasteiger partial charge in [0.05, 0.1) is 12.4 Å². The smallest absolute Gasteiger partial charge is 0.356 e. The van der Waals surface area contributed by atoms with E-state index in [9.17, 15) is 18.0 Å². The lowest BCUT2D eigenvalue weighted by atomic mass is 10.2. The molecule has 0 saturated heterocycles. The van der Waals surface area contributed by atoms with Crippen molar-refractivity contribution >= 4 is 42.8 Å². The van der Waals surface area contributed by atoms with E-state index < -0.39 is 21.6 Å². The van der Waals surface area contributed by atoms with Gasteiger partial charge in [-0.2, -0.15) is 0 Å². The predicted octanol–water partition coefficient (Wildman–Crippen LogP) is 2.65. The van der Waals surface area contributed by atoms with Crippen molar-refractivity contribution in [2.75, 3.05) is 6.61 Å². The van der Waals surface area contributed by atoms with Gasteiger partial charge in [-0.3, -0.25) is 4.79 Å². The zero-order valence-electron chi connectivity index (χ0n) is 13.7. The highest BCUT2D eigenvalue weighted by Crippen LogP contribution is 2.27. The SMILES string of the molecule is CCOC(=O)c1cc2c(Br)c[nH]c(=O)c2n1S(=O)(=O)Cc1ccccc1. The lowest BCUT2D eigenvalue weighted by Crippen LogP contribution is -2.24. The lowest BCUT2D eigenvalue weighted by molar-refractivity contribution is 0.0518. The molecule has 1 N–H and O–H groups in total. The molecule has 0 atom stereocenters. The van der Waals surface area contributed by atoms with Gasteiger partial charge in [-0.15, -0.1) is 0 Å². The van der Waals surface area contributed by atoms with Crippen LogP contribution in [0.4, 0.5) is 0 Å². The highest BCUT2D eigenvalue weighted by molar-refractivity contribution is 9.10. The summed E-state index contributed by atoms with van der Waals surface area (Å²) in [7, 11) is -4.05. The van der Waals surface area contributed by atoms with E-state index in [1.54, 1.807) is 37.3 Å². The van der Waals surface area contributed by atoms with Crippen molar-refractivity contribution in [3.8, 4) is 0 Å². The number of carbonyl (C=O) groups is 1. The number of fused-ring (bicyclic) bond motifs is 1. The molecule has 0 aliphatic rings. The molecule has 2 heterocycles.